The molecular formula is C18H16Cl2N4O4. The van der Waals surface area contributed by atoms with Crippen LogP contribution >= 0.6 is 23.2 Å². The summed E-state index contributed by atoms with van der Waals surface area (Å²) in [6.07, 6.45) is -6.62. The molecule has 6 N–H and O–H groups in total. The number of aromatic amines is 2. The van der Waals surface area contributed by atoms with Crippen LogP contribution in [0.5, 0.6) is 0 Å². The summed E-state index contributed by atoms with van der Waals surface area (Å²) >= 11 is 11.8. The van der Waals surface area contributed by atoms with Crippen LogP contribution < -0.4 is 0 Å². The minimum Gasteiger partial charge on any atom is -0.387 e. The van der Waals surface area contributed by atoms with E-state index in [2.05, 4.69) is 19.9 Å². The highest BCUT2D eigenvalue weighted by molar-refractivity contribution is 6.31. The normalized spacial score (nSPS) is 16.4. The molecule has 0 saturated carbocycles. The molecule has 0 bridgehead atoms. The molecule has 10 heteroatoms. The topological polar surface area (TPSA) is 138 Å². The third kappa shape index (κ3) is 3.46. The van der Waals surface area contributed by atoms with Gasteiger partial charge in [0.25, 0.3) is 0 Å². The van der Waals surface area contributed by atoms with Crippen LogP contribution in [0.15, 0.2) is 36.4 Å². The van der Waals surface area contributed by atoms with Crippen LogP contribution in [-0.4, -0.2) is 52.6 Å². The molecule has 0 radical (unpaired) electrons. The van der Waals surface area contributed by atoms with Crippen LogP contribution in [0, 0.1) is 0 Å². The summed E-state index contributed by atoms with van der Waals surface area (Å²) in [4.78, 5) is 14.0. The van der Waals surface area contributed by atoms with Crippen molar-refractivity contribution in [1.82, 2.24) is 19.9 Å². The third-order valence-electron chi connectivity index (χ3n) is 4.48. The number of H-pyrrole nitrogens is 2. The van der Waals surface area contributed by atoms with E-state index in [1.54, 1.807) is 36.4 Å². The summed E-state index contributed by atoms with van der Waals surface area (Å²) in [5.41, 5.74) is 2.21. The van der Waals surface area contributed by atoms with Gasteiger partial charge >= 0.3 is 0 Å². The summed E-state index contributed by atoms with van der Waals surface area (Å²) in [5.74, 6) is 0.0693. The quantitative estimate of drug-likeness (QED) is 0.291. The Kier molecular flexibility index (Phi) is 5.00. The molecule has 4 atom stereocenters. The lowest BCUT2D eigenvalue weighted by atomic mass is 10.0. The molecule has 0 spiro atoms. The van der Waals surface area contributed by atoms with E-state index in [0.29, 0.717) is 32.1 Å². The zero-order valence-electron chi connectivity index (χ0n) is 14.2. The number of hydrogen-bond acceptors (Lipinski definition) is 6. The predicted molar refractivity (Wildman–Crippen MR) is 104 cm³/mol. The van der Waals surface area contributed by atoms with Crippen molar-refractivity contribution in [1.29, 1.82) is 0 Å². The van der Waals surface area contributed by atoms with Gasteiger partial charge < -0.3 is 30.4 Å². The monoisotopic (exact) mass is 422 g/mol. The van der Waals surface area contributed by atoms with E-state index >= 15 is 0 Å². The van der Waals surface area contributed by atoms with Crippen LogP contribution in [0.25, 0.3) is 22.1 Å². The van der Waals surface area contributed by atoms with Gasteiger partial charge in [0.1, 0.15) is 36.1 Å². The first-order chi connectivity index (χ1) is 13.3. The smallest absolute Gasteiger partial charge is 0.140 e. The van der Waals surface area contributed by atoms with Crippen LogP contribution in [0.4, 0.5) is 0 Å². The highest BCUT2D eigenvalue weighted by atomic mass is 35.5. The van der Waals surface area contributed by atoms with E-state index < -0.39 is 24.4 Å². The first kappa shape index (κ1) is 19.1. The first-order valence-electron chi connectivity index (χ1n) is 8.36. The van der Waals surface area contributed by atoms with Crippen LogP contribution in [0.2, 0.25) is 10.0 Å². The standard InChI is InChI=1S/C18H16Cl2N4O4/c19-7-1-3-9-11(5-7)23-17(21-9)15(27)13(25)14(26)16(28)18-22-10-4-2-8(20)6-12(10)24-18/h1-6,13-16,25-28H,(H,21,23)(H,22,24)/t13-,14-,15-,16+/m0/s1. The Morgan fingerprint density at radius 3 is 1.46 bits per heavy atom. The lowest BCUT2D eigenvalue weighted by molar-refractivity contribution is -0.111. The molecule has 0 amide bonds. The summed E-state index contributed by atoms with van der Waals surface area (Å²) in [5, 5.41) is 42.5. The number of nitrogens with one attached hydrogen (secondary N) is 2. The molecule has 2 heterocycles. The van der Waals surface area contributed by atoms with Crippen molar-refractivity contribution >= 4 is 45.3 Å². The highest BCUT2D eigenvalue weighted by Crippen LogP contribution is 2.27. The minimum absolute atomic E-state index is 0.0346. The minimum atomic E-state index is -1.73. The van der Waals surface area contributed by atoms with E-state index in [-0.39, 0.29) is 11.6 Å². The third-order valence-corrected chi connectivity index (χ3v) is 4.95. The van der Waals surface area contributed by atoms with Gasteiger partial charge in [0.15, 0.2) is 0 Å². The molecule has 28 heavy (non-hydrogen) atoms. The Balaban J connectivity index is 1.56. The molecule has 2 aromatic carbocycles. The summed E-state index contributed by atoms with van der Waals surface area (Å²) in [6.45, 7) is 0. The maximum Gasteiger partial charge on any atom is 0.140 e. The largest absolute Gasteiger partial charge is 0.387 e. The van der Waals surface area contributed by atoms with Crippen molar-refractivity contribution in [2.75, 3.05) is 0 Å². The molecular weight excluding hydrogens is 407 g/mol. The molecule has 0 saturated heterocycles. The number of benzene rings is 2. The molecule has 146 valence electrons. The van der Waals surface area contributed by atoms with Crippen molar-refractivity contribution in [2.45, 2.75) is 24.4 Å². The average molecular weight is 423 g/mol. The second-order valence-corrected chi connectivity index (χ2v) is 7.31. The van der Waals surface area contributed by atoms with E-state index in [4.69, 9.17) is 23.2 Å². The Bertz CT molecular complexity index is 1060. The van der Waals surface area contributed by atoms with Gasteiger partial charge in [0.2, 0.25) is 0 Å². The van der Waals surface area contributed by atoms with Gasteiger partial charge in [0.05, 0.1) is 22.1 Å². The molecule has 0 fully saturated rings. The van der Waals surface area contributed by atoms with Gasteiger partial charge in [-0.15, -0.1) is 0 Å². The Hall–Kier alpha value is -2.20. The van der Waals surface area contributed by atoms with Gasteiger partial charge in [-0.1, -0.05) is 23.2 Å². The fraction of sp³-hybridized carbons (Fsp3) is 0.222. The fourth-order valence-electron chi connectivity index (χ4n) is 2.98. The van der Waals surface area contributed by atoms with E-state index in [9.17, 15) is 20.4 Å². The number of aliphatic hydroxyl groups excluding tert-OH is 4. The number of aliphatic hydroxyl groups is 4. The molecule has 8 nitrogen and oxygen atoms in total. The van der Waals surface area contributed by atoms with E-state index in [0.717, 1.165) is 0 Å². The van der Waals surface area contributed by atoms with E-state index in [1.165, 1.54) is 0 Å². The molecule has 0 aliphatic heterocycles. The summed E-state index contributed by atoms with van der Waals surface area (Å²) in [7, 11) is 0. The average Bonchev–Trinajstić information content (AvgIpc) is 3.28. The number of hydrogen-bond donors (Lipinski definition) is 6. The van der Waals surface area contributed by atoms with Gasteiger partial charge in [-0.2, -0.15) is 0 Å². The number of halogens is 2. The van der Waals surface area contributed by atoms with Crippen molar-refractivity contribution in [3.8, 4) is 0 Å². The predicted octanol–water partition coefficient (Wildman–Crippen LogP) is 2.23. The van der Waals surface area contributed by atoms with E-state index in [1.807, 2.05) is 0 Å². The zero-order valence-corrected chi connectivity index (χ0v) is 15.7. The summed E-state index contributed by atoms with van der Waals surface area (Å²) < 4.78 is 0. The van der Waals surface area contributed by atoms with Crippen molar-refractivity contribution < 1.29 is 20.4 Å². The van der Waals surface area contributed by atoms with Gasteiger partial charge in [-0.3, -0.25) is 0 Å². The Morgan fingerprint density at radius 2 is 1.07 bits per heavy atom. The SMILES string of the molecule is O[C@@H]([C@H](O)[C@@H](O)c1nc2ccc(Cl)cc2[nH]1)[C@H](O)c1nc2ccc(Cl)cc2[nH]1. The van der Waals surface area contributed by atoms with Gasteiger partial charge in [-0.05, 0) is 36.4 Å². The molecule has 0 aliphatic carbocycles. The van der Waals surface area contributed by atoms with Gasteiger partial charge in [0, 0.05) is 10.0 Å². The maximum atomic E-state index is 10.4. The molecule has 0 unspecified atom stereocenters. The number of aromatic nitrogens is 4. The number of imidazole rings is 2. The van der Waals surface area contributed by atoms with Crippen LogP contribution in [0.3, 0.4) is 0 Å². The summed E-state index contributed by atoms with van der Waals surface area (Å²) in [6, 6.07) is 9.84. The van der Waals surface area contributed by atoms with Crippen LogP contribution in [0.1, 0.15) is 23.9 Å². The lowest BCUT2D eigenvalue weighted by Gasteiger charge is -2.24. The van der Waals surface area contributed by atoms with Crippen molar-refractivity contribution in [2.24, 2.45) is 0 Å². The highest BCUT2D eigenvalue weighted by Gasteiger charge is 2.35. The lowest BCUT2D eigenvalue weighted by Crippen LogP contribution is -2.37. The Labute approximate surface area is 168 Å². The Morgan fingerprint density at radius 1 is 0.679 bits per heavy atom. The number of nitrogens with zero attached hydrogens (tertiary/aromatic N) is 2. The fourth-order valence-corrected chi connectivity index (χ4v) is 3.32. The number of rotatable bonds is 5. The maximum absolute atomic E-state index is 10.4. The number of fused-ring (bicyclic) bond motifs is 2. The van der Waals surface area contributed by atoms with Gasteiger partial charge in [-0.25, -0.2) is 9.97 Å². The van der Waals surface area contributed by atoms with Crippen molar-refractivity contribution in [3.63, 3.8) is 0 Å². The second kappa shape index (κ2) is 7.32. The molecule has 4 rings (SSSR count). The molecule has 4 aromatic rings. The molecule has 2 aromatic heterocycles. The molecule has 0 aliphatic rings. The van der Waals surface area contributed by atoms with Crippen LogP contribution in [-0.2, 0) is 0 Å². The zero-order chi connectivity index (χ0) is 20.0. The second-order valence-electron chi connectivity index (χ2n) is 6.44. The first-order valence-corrected chi connectivity index (χ1v) is 9.11. The van der Waals surface area contributed by atoms with Crippen molar-refractivity contribution in [3.05, 3.63) is 58.1 Å².